The van der Waals surface area contributed by atoms with Gasteiger partial charge in [0.1, 0.15) is 18.3 Å². The maximum Gasteiger partial charge on any atom is 0.123 e. The topological polar surface area (TPSA) is 62.6 Å². The molecule has 172 valence electrons. The molecule has 4 aromatic rings. The van der Waals surface area contributed by atoms with Crippen molar-refractivity contribution >= 4 is 10.9 Å². The van der Waals surface area contributed by atoms with Crippen molar-refractivity contribution in [1.82, 2.24) is 29.6 Å². The Kier molecular flexibility index (Phi) is 6.22. The van der Waals surface area contributed by atoms with E-state index in [0.717, 1.165) is 43.7 Å². The first-order valence-electron chi connectivity index (χ1n) is 11.9. The van der Waals surface area contributed by atoms with E-state index in [1.54, 1.807) is 18.9 Å². The van der Waals surface area contributed by atoms with Gasteiger partial charge in [0.15, 0.2) is 0 Å². The van der Waals surface area contributed by atoms with Gasteiger partial charge in [-0.3, -0.25) is 9.55 Å². The molecule has 0 spiro atoms. The Morgan fingerprint density at radius 1 is 1.15 bits per heavy atom. The average Bonchev–Trinajstić information content (AvgIpc) is 3.52. The van der Waals surface area contributed by atoms with E-state index < -0.39 is 5.67 Å². The van der Waals surface area contributed by atoms with Crippen LogP contribution >= 0.6 is 0 Å². The Labute approximate surface area is 193 Å². The summed E-state index contributed by atoms with van der Waals surface area (Å²) >= 11 is 0. The Balaban J connectivity index is 1.14. The van der Waals surface area contributed by atoms with Crippen molar-refractivity contribution in [3.8, 4) is 5.69 Å². The summed E-state index contributed by atoms with van der Waals surface area (Å²) in [4.78, 5) is 9.98. The summed E-state index contributed by atoms with van der Waals surface area (Å²) in [6.07, 6.45) is 12.8. The molecule has 1 atom stereocenters. The van der Waals surface area contributed by atoms with Crippen LogP contribution < -0.4 is 0 Å². The Bertz CT molecular complexity index is 1160. The number of H-pyrrole nitrogens is 1. The number of hydrogen-bond acceptors (Lipinski definition) is 4. The predicted molar refractivity (Wildman–Crippen MR) is 128 cm³/mol. The number of pyridine rings is 1. The van der Waals surface area contributed by atoms with E-state index in [1.165, 1.54) is 16.5 Å². The van der Waals surface area contributed by atoms with E-state index in [-0.39, 0.29) is 0 Å². The SMILES string of the molecule is CC(CN1CCC(F)(CCCc2c[nH]c3ccc(-n4cnnc4)cc23)CC1)c1cccnc1. The minimum Gasteiger partial charge on any atom is -0.361 e. The lowest BCUT2D eigenvalue weighted by atomic mass is 9.87. The number of alkyl halides is 1. The maximum atomic E-state index is 15.5. The van der Waals surface area contributed by atoms with Crippen molar-refractivity contribution in [3.05, 3.63) is 72.7 Å². The van der Waals surface area contributed by atoms with E-state index in [4.69, 9.17) is 0 Å². The molecular weight excluding hydrogens is 415 g/mol. The van der Waals surface area contributed by atoms with Crippen LogP contribution in [-0.2, 0) is 6.42 Å². The summed E-state index contributed by atoms with van der Waals surface area (Å²) < 4.78 is 17.4. The summed E-state index contributed by atoms with van der Waals surface area (Å²) in [5.41, 5.74) is 3.58. The summed E-state index contributed by atoms with van der Waals surface area (Å²) in [5.74, 6) is 0.413. The standard InChI is InChI=1S/C26H31FN6/c1-20(21-5-3-11-28-15-21)17-32-12-9-26(27,10-13-32)8-2-4-22-16-29-25-7-6-23(14-24(22)25)33-18-30-31-19-33/h3,5-7,11,14-16,18-20,29H,2,4,8-10,12-13,17H2,1H3. The molecular formula is C26H31FN6. The van der Waals surface area contributed by atoms with Gasteiger partial charge in [-0.25, -0.2) is 4.39 Å². The number of piperidine rings is 1. The summed E-state index contributed by atoms with van der Waals surface area (Å²) in [6.45, 7) is 4.85. The van der Waals surface area contributed by atoms with Crippen LogP contribution in [-0.4, -0.2) is 54.9 Å². The van der Waals surface area contributed by atoms with Gasteiger partial charge in [0.25, 0.3) is 0 Å². The number of aromatic nitrogens is 5. The normalized spacial score (nSPS) is 17.4. The van der Waals surface area contributed by atoms with Crippen molar-refractivity contribution < 1.29 is 4.39 Å². The first-order valence-corrected chi connectivity index (χ1v) is 11.9. The van der Waals surface area contributed by atoms with Crippen LogP contribution in [0.1, 0.15) is 49.7 Å². The number of aryl methyl sites for hydroxylation is 1. The highest BCUT2D eigenvalue weighted by atomic mass is 19.1. The number of likely N-dealkylation sites (tertiary alicyclic amines) is 1. The van der Waals surface area contributed by atoms with Gasteiger partial charge in [0.05, 0.1) is 0 Å². The number of hydrogen-bond donors (Lipinski definition) is 1. The number of rotatable bonds is 8. The molecule has 6 nitrogen and oxygen atoms in total. The highest BCUT2D eigenvalue weighted by Crippen LogP contribution is 2.33. The summed E-state index contributed by atoms with van der Waals surface area (Å²) in [5, 5.41) is 8.97. The van der Waals surface area contributed by atoms with Gasteiger partial charge >= 0.3 is 0 Å². The highest BCUT2D eigenvalue weighted by Gasteiger charge is 2.34. The molecule has 1 unspecified atom stereocenters. The number of nitrogens with one attached hydrogen (secondary N) is 1. The quantitative estimate of drug-likeness (QED) is 0.410. The second kappa shape index (κ2) is 9.43. The van der Waals surface area contributed by atoms with Gasteiger partial charge in [-0.2, -0.15) is 0 Å². The minimum absolute atomic E-state index is 0.413. The summed E-state index contributed by atoms with van der Waals surface area (Å²) in [7, 11) is 0. The zero-order valence-corrected chi connectivity index (χ0v) is 19.1. The average molecular weight is 447 g/mol. The number of fused-ring (bicyclic) bond motifs is 1. The molecule has 33 heavy (non-hydrogen) atoms. The zero-order chi connectivity index (χ0) is 22.7. The van der Waals surface area contributed by atoms with Crippen molar-refractivity contribution in [2.45, 2.75) is 50.6 Å². The van der Waals surface area contributed by atoms with Crippen LogP contribution in [0, 0.1) is 0 Å². The molecule has 1 N–H and O–H groups in total. The Morgan fingerprint density at radius 3 is 2.73 bits per heavy atom. The minimum atomic E-state index is -1.05. The molecule has 0 aliphatic carbocycles. The molecule has 1 saturated heterocycles. The molecule has 0 radical (unpaired) electrons. The molecule has 5 rings (SSSR count). The molecule has 1 aliphatic rings. The smallest absolute Gasteiger partial charge is 0.123 e. The molecule has 7 heteroatoms. The molecule has 0 bridgehead atoms. The number of halogens is 1. The van der Waals surface area contributed by atoms with Gasteiger partial charge in [-0.1, -0.05) is 13.0 Å². The predicted octanol–water partition coefficient (Wildman–Crippen LogP) is 5.07. The van der Waals surface area contributed by atoms with Crippen molar-refractivity contribution in [1.29, 1.82) is 0 Å². The molecule has 3 aromatic heterocycles. The highest BCUT2D eigenvalue weighted by molar-refractivity contribution is 5.85. The zero-order valence-electron chi connectivity index (χ0n) is 19.1. The number of aromatic amines is 1. The molecule has 0 amide bonds. The van der Waals surface area contributed by atoms with Crippen LogP contribution in [0.15, 0.2) is 61.6 Å². The maximum absolute atomic E-state index is 15.5. The molecule has 1 aromatic carbocycles. The largest absolute Gasteiger partial charge is 0.361 e. The van der Waals surface area contributed by atoms with E-state index in [0.29, 0.717) is 25.2 Å². The van der Waals surface area contributed by atoms with Crippen molar-refractivity contribution in [3.63, 3.8) is 0 Å². The fraction of sp³-hybridized carbons (Fsp3) is 0.423. The lowest BCUT2D eigenvalue weighted by molar-refractivity contribution is 0.0474. The van der Waals surface area contributed by atoms with Crippen LogP contribution in [0.5, 0.6) is 0 Å². The molecule has 4 heterocycles. The first kappa shape index (κ1) is 21.8. The van der Waals surface area contributed by atoms with Gasteiger partial charge in [-0.05, 0) is 73.4 Å². The Morgan fingerprint density at radius 2 is 1.97 bits per heavy atom. The van der Waals surface area contributed by atoms with Crippen LogP contribution in [0.3, 0.4) is 0 Å². The van der Waals surface area contributed by atoms with E-state index >= 15 is 4.39 Å². The fourth-order valence-electron chi connectivity index (χ4n) is 5.01. The fourth-order valence-corrected chi connectivity index (χ4v) is 5.01. The third-order valence-electron chi connectivity index (χ3n) is 7.08. The molecule has 1 aliphatic heterocycles. The Hall–Kier alpha value is -3.06. The van der Waals surface area contributed by atoms with Gasteiger partial charge in [0.2, 0.25) is 0 Å². The van der Waals surface area contributed by atoms with Crippen molar-refractivity contribution in [2.24, 2.45) is 0 Å². The van der Waals surface area contributed by atoms with Crippen molar-refractivity contribution in [2.75, 3.05) is 19.6 Å². The monoisotopic (exact) mass is 446 g/mol. The molecule has 1 fully saturated rings. The lowest BCUT2D eigenvalue weighted by Gasteiger charge is -2.37. The lowest BCUT2D eigenvalue weighted by Crippen LogP contribution is -2.43. The second-order valence-corrected chi connectivity index (χ2v) is 9.41. The third kappa shape index (κ3) is 4.98. The van der Waals surface area contributed by atoms with Crippen LogP contribution in [0.25, 0.3) is 16.6 Å². The second-order valence-electron chi connectivity index (χ2n) is 9.41. The van der Waals surface area contributed by atoms with Crippen LogP contribution in [0.2, 0.25) is 0 Å². The summed E-state index contributed by atoms with van der Waals surface area (Å²) in [6, 6.07) is 10.4. The molecule has 0 saturated carbocycles. The van der Waals surface area contributed by atoms with Gasteiger partial charge in [-0.15, -0.1) is 10.2 Å². The van der Waals surface area contributed by atoms with E-state index in [9.17, 15) is 0 Å². The number of benzene rings is 1. The van der Waals surface area contributed by atoms with E-state index in [2.05, 4.69) is 56.4 Å². The van der Waals surface area contributed by atoms with Gasteiger partial charge < -0.3 is 9.88 Å². The first-order chi connectivity index (χ1) is 16.1. The number of nitrogens with zero attached hydrogens (tertiary/aromatic N) is 5. The van der Waals surface area contributed by atoms with Gasteiger partial charge in [0, 0.05) is 54.8 Å². The van der Waals surface area contributed by atoms with E-state index in [1.807, 2.05) is 22.9 Å². The third-order valence-corrected chi connectivity index (χ3v) is 7.08. The van der Waals surface area contributed by atoms with Crippen LogP contribution in [0.4, 0.5) is 4.39 Å².